The SMILES string of the molecule is CN1c2ccccc2[C@H]2C[C@H](NC(=O)C(F)(F)F)CCN2c2c(C=O)cccc21. The number of hydrogen-bond acceptors (Lipinski definition) is 4. The molecule has 2 atom stereocenters. The molecule has 2 aliphatic rings. The zero-order valence-corrected chi connectivity index (χ0v) is 15.7. The van der Waals surface area contributed by atoms with Crippen LogP contribution in [0.3, 0.4) is 0 Å². The summed E-state index contributed by atoms with van der Waals surface area (Å²) in [7, 11) is 1.91. The van der Waals surface area contributed by atoms with Crippen molar-refractivity contribution in [3.8, 4) is 0 Å². The number of halogens is 3. The van der Waals surface area contributed by atoms with E-state index < -0.39 is 18.1 Å². The topological polar surface area (TPSA) is 52.7 Å². The number of carbonyl (C=O) groups excluding carboxylic acids is 2. The van der Waals surface area contributed by atoms with Gasteiger partial charge in [-0.2, -0.15) is 13.2 Å². The molecule has 1 saturated heterocycles. The molecule has 0 saturated carbocycles. The summed E-state index contributed by atoms with van der Waals surface area (Å²) in [5.74, 6) is -1.91. The van der Waals surface area contributed by atoms with Crippen LogP contribution in [0, 0.1) is 0 Å². The van der Waals surface area contributed by atoms with Crippen molar-refractivity contribution in [2.75, 3.05) is 23.4 Å². The highest BCUT2D eigenvalue weighted by atomic mass is 19.4. The van der Waals surface area contributed by atoms with Gasteiger partial charge in [0.2, 0.25) is 0 Å². The first kappa shape index (κ1) is 19.3. The Kier molecular flexibility index (Phi) is 4.72. The fraction of sp³-hybridized carbons (Fsp3) is 0.333. The van der Waals surface area contributed by atoms with Crippen LogP contribution in [0.2, 0.25) is 0 Å². The molecule has 8 heteroatoms. The molecule has 2 aliphatic heterocycles. The zero-order valence-electron chi connectivity index (χ0n) is 15.7. The molecule has 0 aromatic heterocycles. The zero-order chi connectivity index (χ0) is 20.8. The van der Waals surface area contributed by atoms with Crippen LogP contribution >= 0.6 is 0 Å². The highest BCUT2D eigenvalue weighted by molar-refractivity contribution is 5.94. The van der Waals surface area contributed by atoms with Crippen molar-refractivity contribution in [3.63, 3.8) is 0 Å². The molecule has 2 aromatic rings. The smallest absolute Gasteiger partial charge is 0.362 e. The number of rotatable bonds is 2. The molecular weight excluding hydrogens is 383 g/mol. The van der Waals surface area contributed by atoms with Crippen LogP contribution in [0.1, 0.15) is 34.8 Å². The normalized spacial score (nSPS) is 20.8. The Morgan fingerprint density at radius 1 is 1.14 bits per heavy atom. The van der Waals surface area contributed by atoms with E-state index in [1.54, 1.807) is 6.07 Å². The van der Waals surface area contributed by atoms with Crippen molar-refractivity contribution in [1.82, 2.24) is 5.32 Å². The summed E-state index contributed by atoms with van der Waals surface area (Å²) in [5, 5.41) is 2.13. The number of alkyl halides is 3. The number of nitrogens with zero attached hydrogens (tertiary/aromatic N) is 2. The van der Waals surface area contributed by atoms with E-state index in [1.165, 1.54) is 0 Å². The molecule has 0 bridgehead atoms. The summed E-state index contributed by atoms with van der Waals surface area (Å²) in [6.45, 7) is 0.424. The van der Waals surface area contributed by atoms with E-state index in [-0.39, 0.29) is 6.04 Å². The second-order valence-electron chi connectivity index (χ2n) is 7.35. The number of nitrogens with one attached hydrogen (secondary N) is 1. The monoisotopic (exact) mass is 403 g/mol. The molecule has 0 aliphatic carbocycles. The van der Waals surface area contributed by atoms with Crippen molar-refractivity contribution in [1.29, 1.82) is 0 Å². The first-order valence-electron chi connectivity index (χ1n) is 9.36. The Morgan fingerprint density at radius 3 is 2.59 bits per heavy atom. The molecule has 5 nitrogen and oxygen atoms in total. The summed E-state index contributed by atoms with van der Waals surface area (Å²) in [6.07, 6.45) is -3.43. The molecule has 2 aromatic carbocycles. The van der Waals surface area contributed by atoms with Crippen LogP contribution in [-0.2, 0) is 4.79 Å². The van der Waals surface area contributed by atoms with Crippen LogP contribution in [0.15, 0.2) is 42.5 Å². The maximum Gasteiger partial charge on any atom is 0.471 e. The third-order valence-corrected chi connectivity index (χ3v) is 5.67. The molecule has 4 rings (SSSR count). The quantitative estimate of drug-likeness (QED) is 0.771. The number of fused-ring (bicyclic) bond motifs is 5. The Labute approximate surface area is 166 Å². The predicted octanol–water partition coefficient (Wildman–Crippen LogP) is 3.97. The third kappa shape index (κ3) is 3.32. The highest BCUT2D eigenvalue weighted by Crippen LogP contribution is 2.48. The van der Waals surface area contributed by atoms with E-state index >= 15 is 0 Å². The summed E-state index contributed by atoms with van der Waals surface area (Å²) >= 11 is 0. The standard InChI is InChI=1S/C21H20F3N3O2/c1-26-16-7-3-2-6-15(16)18-11-14(25-20(29)21(22,23)24)9-10-27(18)19-13(12-28)5-4-8-17(19)26/h2-8,12,14,18H,9-11H2,1H3,(H,25,29)/t14-,18-/m1/s1. The molecule has 1 amide bonds. The van der Waals surface area contributed by atoms with Crippen molar-refractivity contribution >= 4 is 29.3 Å². The number of anilines is 3. The van der Waals surface area contributed by atoms with Crippen LogP contribution in [0.25, 0.3) is 0 Å². The van der Waals surface area contributed by atoms with Gasteiger partial charge in [-0.3, -0.25) is 9.59 Å². The summed E-state index contributed by atoms with van der Waals surface area (Å²) in [6, 6.07) is 12.3. The Bertz CT molecular complexity index is 960. The van der Waals surface area contributed by atoms with E-state index in [1.807, 2.05) is 48.3 Å². The second-order valence-corrected chi connectivity index (χ2v) is 7.35. The van der Waals surface area contributed by atoms with Gasteiger partial charge in [-0.1, -0.05) is 24.3 Å². The summed E-state index contributed by atoms with van der Waals surface area (Å²) in [5.41, 5.74) is 4.04. The Morgan fingerprint density at radius 2 is 1.86 bits per heavy atom. The third-order valence-electron chi connectivity index (χ3n) is 5.67. The molecule has 29 heavy (non-hydrogen) atoms. The van der Waals surface area contributed by atoms with Crippen LogP contribution in [0.5, 0.6) is 0 Å². The maximum atomic E-state index is 12.7. The van der Waals surface area contributed by atoms with Gasteiger partial charge in [-0.15, -0.1) is 0 Å². The van der Waals surface area contributed by atoms with Gasteiger partial charge in [0.05, 0.1) is 17.4 Å². The molecule has 1 fully saturated rings. The van der Waals surface area contributed by atoms with E-state index in [2.05, 4.69) is 10.2 Å². The summed E-state index contributed by atoms with van der Waals surface area (Å²) in [4.78, 5) is 27.3. The lowest BCUT2D eigenvalue weighted by Crippen LogP contribution is -2.49. The number of para-hydroxylation sites is 2. The predicted molar refractivity (Wildman–Crippen MR) is 104 cm³/mol. The number of aldehydes is 1. The lowest BCUT2D eigenvalue weighted by atomic mass is 9.90. The van der Waals surface area contributed by atoms with Crippen molar-refractivity contribution < 1.29 is 22.8 Å². The minimum atomic E-state index is -4.91. The summed E-state index contributed by atoms with van der Waals surface area (Å²) < 4.78 is 38.2. The van der Waals surface area contributed by atoms with Crippen LogP contribution < -0.4 is 15.1 Å². The minimum absolute atomic E-state index is 0.261. The van der Waals surface area contributed by atoms with Crippen molar-refractivity contribution in [3.05, 3.63) is 53.6 Å². The van der Waals surface area contributed by atoms with Crippen molar-refractivity contribution in [2.24, 2.45) is 0 Å². The number of amides is 1. The molecule has 1 N–H and O–H groups in total. The van der Waals surface area contributed by atoms with Crippen LogP contribution in [-0.4, -0.2) is 38.0 Å². The average molecular weight is 403 g/mol. The molecular formula is C21H20F3N3O2. The average Bonchev–Trinajstić information content (AvgIpc) is 2.81. The molecule has 2 heterocycles. The number of benzene rings is 2. The fourth-order valence-electron chi connectivity index (χ4n) is 4.36. The van der Waals surface area contributed by atoms with Gasteiger partial charge in [0.1, 0.15) is 0 Å². The molecule has 0 unspecified atom stereocenters. The van der Waals surface area contributed by atoms with E-state index in [9.17, 15) is 22.8 Å². The molecule has 0 radical (unpaired) electrons. The lowest BCUT2D eigenvalue weighted by molar-refractivity contribution is -0.174. The minimum Gasteiger partial charge on any atom is -0.362 e. The molecule has 152 valence electrons. The van der Waals surface area contributed by atoms with Crippen molar-refractivity contribution in [2.45, 2.75) is 31.1 Å². The van der Waals surface area contributed by atoms with Gasteiger partial charge >= 0.3 is 12.1 Å². The Balaban J connectivity index is 1.78. The fourth-order valence-corrected chi connectivity index (χ4v) is 4.36. The number of hydrogen-bond donors (Lipinski definition) is 1. The lowest BCUT2D eigenvalue weighted by Gasteiger charge is -2.41. The highest BCUT2D eigenvalue weighted by Gasteiger charge is 2.42. The van der Waals surface area contributed by atoms with Gasteiger partial charge in [0.25, 0.3) is 0 Å². The van der Waals surface area contributed by atoms with Gasteiger partial charge in [-0.05, 0) is 36.6 Å². The second kappa shape index (κ2) is 7.09. The van der Waals surface area contributed by atoms with Gasteiger partial charge in [0.15, 0.2) is 6.29 Å². The number of piperidine rings is 1. The Hall–Kier alpha value is -3.03. The largest absolute Gasteiger partial charge is 0.471 e. The van der Waals surface area contributed by atoms with Gasteiger partial charge in [-0.25, -0.2) is 0 Å². The first-order valence-corrected chi connectivity index (χ1v) is 9.36. The first-order chi connectivity index (χ1) is 13.8. The number of carbonyl (C=O) groups is 2. The van der Waals surface area contributed by atoms with E-state index in [0.717, 1.165) is 28.9 Å². The van der Waals surface area contributed by atoms with Gasteiger partial charge in [0, 0.05) is 30.9 Å². The van der Waals surface area contributed by atoms with Crippen LogP contribution in [0.4, 0.5) is 30.2 Å². The van der Waals surface area contributed by atoms with E-state index in [4.69, 9.17) is 0 Å². The van der Waals surface area contributed by atoms with E-state index in [0.29, 0.717) is 24.9 Å². The maximum absolute atomic E-state index is 12.7. The van der Waals surface area contributed by atoms with Gasteiger partial charge < -0.3 is 15.1 Å². The molecule has 0 spiro atoms.